The van der Waals surface area contributed by atoms with Crippen molar-refractivity contribution in [2.45, 2.75) is 39.0 Å². The number of halogens is 1. The lowest BCUT2D eigenvalue weighted by atomic mass is 9.96. The summed E-state index contributed by atoms with van der Waals surface area (Å²) in [5.41, 5.74) is 3.38. The number of carbonyl (C=O) groups excluding carboxylic acids is 1. The second-order valence-electron chi connectivity index (χ2n) is 7.39. The first-order valence-corrected chi connectivity index (χ1v) is 9.06. The number of amides is 1. The van der Waals surface area contributed by atoms with Gasteiger partial charge in [-0.2, -0.15) is 0 Å². The van der Waals surface area contributed by atoms with Gasteiger partial charge in [-0.15, -0.1) is 0 Å². The maximum atomic E-state index is 13.2. The van der Waals surface area contributed by atoms with Gasteiger partial charge in [0.25, 0.3) is 5.91 Å². The van der Waals surface area contributed by atoms with Gasteiger partial charge in [0, 0.05) is 29.4 Å². The number of benzene rings is 1. The van der Waals surface area contributed by atoms with E-state index in [0.717, 1.165) is 35.6 Å². The second kappa shape index (κ2) is 6.37. The van der Waals surface area contributed by atoms with Gasteiger partial charge in [-0.3, -0.25) is 9.36 Å². The summed E-state index contributed by atoms with van der Waals surface area (Å²) in [6.45, 7) is 6.22. The van der Waals surface area contributed by atoms with Crippen molar-refractivity contribution in [1.82, 2.24) is 15.0 Å². The first kappa shape index (κ1) is 17.5. The fourth-order valence-electron chi connectivity index (χ4n) is 3.67. The zero-order valence-electron chi connectivity index (χ0n) is 15.7. The molecule has 140 valence electrons. The lowest BCUT2D eigenvalue weighted by Crippen LogP contribution is -2.32. The molecule has 1 saturated carbocycles. The summed E-state index contributed by atoms with van der Waals surface area (Å²) in [7, 11) is 0. The summed E-state index contributed by atoms with van der Waals surface area (Å²) in [5, 5.41) is 7.11. The van der Waals surface area contributed by atoms with Crippen LogP contribution in [-0.4, -0.2) is 22.2 Å². The number of nitrogens with zero attached hydrogens (tertiary/aromatic N) is 2. The largest absolute Gasteiger partial charge is 0.360 e. The van der Waals surface area contributed by atoms with Crippen molar-refractivity contribution in [2.24, 2.45) is 0 Å². The van der Waals surface area contributed by atoms with Gasteiger partial charge in [-0.05, 0) is 57.4 Å². The standard InChI is InChI=1S/C21H22FN3O2/c1-13-10-18(15(3)25(13)19-11-14(2)27-24-19)20(26)23-12-21(8-9-21)16-4-6-17(22)7-5-16/h4-7,10-11H,8-9,12H2,1-3H3,(H,23,26). The van der Waals surface area contributed by atoms with Crippen LogP contribution in [0.4, 0.5) is 4.39 Å². The van der Waals surface area contributed by atoms with Crippen LogP contribution in [0, 0.1) is 26.6 Å². The minimum atomic E-state index is -0.242. The highest BCUT2D eigenvalue weighted by molar-refractivity contribution is 5.96. The molecule has 5 nitrogen and oxygen atoms in total. The molecule has 1 N–H and O–H groups in total. The highest BCUT2D eigenvalue weighted by Crippen LogP contribution is 2.47. The van der Waals surface area contributed by atoms with Crippen molar-refractivity contribution in [1.29, 1.82) is 0 Å². The van der Waals surface area contributed by atoms with Crippen LogP contribution in [0.25, 0.3) is 5.82 Å². The summed E-state index contributed by atoms with van der Waals surface area (Å²) < 4.78 is 20.2. The van der Waals surface area contributed by atoms with Crippen LogP contribution in [0.3, 0.4) is 0 Å². The van der Waals surface area contributed by atoms with Crippen LogP contribution < -0.4 is 5.32 Å². The van der Waals surface area contributed by atoms with E-state index in [2.05, 4.69) is 10.5 Å². The Hall–Kier alpha value is -2.89. The topological polar surface area (TPSA) is 60.1 Å². The van der Waals surface area contributed by atoms with Crippen LogP contribution in [0.5, 0.6) is 0 Å². The summed E-state index contributed by atoms with van der Waals surface area (Å²) in [6.07, 6.45) is 1.99. The zero-order chi connectivity index (χ0) is 19.2. The van der Waals surface area contributed by atoms with Gasteiger partial charge >= 0.3 is 0 Å². The fourth-order valence-corrected chi connectivity index (χ4v) is 3.67. The molecule has 1 aliphatic carbocycles. The monoisotopic (exact) mass is 367 g/mol. The molecule has 0 spiro atoms. The summed E-state index contributed by atoms with van der Waals surface area (Å²) in [4.78, 5) is 12.8. The van der Waals surface area contributed by atoms with Crippen molar-refractivity contribution in [2.75, 3.05) is 6.54 Å². The minimum Gasteiger partial charge on any atom is -0.360 e. The number of hydrogen-bond acceptors (Lipinski definition) is 3. The third-order valence-electron chi connectivity index (χ3n) is 5.42. The normalized spacial score (nSPS) is 15.0. The molecule has 2 aromatic heterocycles. The molecular formula is C21H22FN3O2. The molecule has 1 aromatic carbocycles. The van der Waals surface area contributed by atoms with E-state index in [1.807, 2.05) is 49.6 Å². The SMILES string of the molecule is Cc1cc(-n2c(C)cc(C(=O)NCC3(c4ccc(F)cc4)CC3)c2C)no1. The predicted octanol–water partition coefficient (Wildman–Crippen LogP) is 3.99. The third kappa shape index (κ3) is 3.16. The molecule has 0 radical (unpaired) electrons. The van der Waals surface area contributed by atoms with Crippen LogP contribution >= 0.6 is 0 Å². The molecule has 0 atom stereocenters. The van der Waals surface area contributed by atoms with Gasteiger partial charge in [0.2, 0.25) is 0 Å². The Labute approximate surface area is 157 Å². The number of carbonyl (C=O) groups is 1. The van der Waals surface area contributed by atoms with Gasteiger partial charge < -0.3 is 9.84 Å². The first-order valence-electron chi connectivity index (χ1n) is 9.06. The van der Waals surface area contributed by atoms with Crippen LogP contribution in [0.15, 0.2) is 40.9 Å². The molecule has 4 rings (SSSR count). The Balaban J connectivity index is 1.52. The summed E-state index contributed by atoms with van der Waals surface area (Å²) in [6, 6.07) is 10.3. The highest BCUT2D eigenvalue weighted by Gasteiger charge is 2.44. The average molecular weight is 367 g/mol. The zero-order valence-corrected chi connectivity index (χ0v) is 15.7. The molecule has 0 unspecified atom stereocenters. The van der Waals surface area contributed by atoms with Gasteiger partial charge in [0.15, 0.2) is 5.82 Å². The first-order chi connectivity index (χ1) is 12.9. The molecule has 0 saturated heterocycles. The quantitative estimate of drug-likeness (QED) is 0.742. The molecule has 6 heteroatoms. The maximum absolute atomic E-state index is 13.2. The van der Waals surface area contributed by atoms with Crippen molar-refractivity contribution in [3.8, 4) is 5.82 Å². The Kier molecular flexibility index (Phi) is 4.13. The maximum Gasteiger partial charge on any atom is 0.253 e. The van der Waals surface area contributed by atoms with Crippen molar-refractivity contribution in [3.05, 3.63) is 70.5 Å². The lowest BCUT2D eigenvalue weighted by Gasteiger charge is -2.16. The average Bonchev–Trinajstić information content (AvgIpc) is 3.23. The van der Waals surface area contributed by atoms with Gasteiger partial charge in [-0.25, -0.2) is 4.39 Å². The van der Waals surface area contributed by atoms with E-state index in [-0.39, 0.29) is 17.1 Å². The van der Waals surface area contributed by atoms with E-state index in [4.69, 9.17) is 4.52 Å². The van der Waals surface area contributed by atoms with Crippen LogP contribution in [0.1, 0.15) is 45.9 Å². The summed E-state index contributed by atoms with van der Waals surface area (Å²) in [5.74, 6) is 1.04. The van der Waals surface area contributed by atoms with Gasteiger partial charge in [0.1, 0.15) is 11.6 Å². The minimum absolute atomic E-state index is 0.0713. The summed E-state index contributed by atoms with van der Waals surface area (Å²) >= 11 is 0. The van der Waals surface area contributed by atoms with E-state index in [9.17, 15) is 9.18 Å². The number of rotatable bonds is 5. The van der Waals surface area contributed by atoms with E-state index >= 15 is 0 Å². The number of nitrogens with one attached hydrogen (secondary N) is 1. The van der Waals surface area contributed by atoms with Crippen molar-refractivity contribution in [3.63, 3.8) is 0 Å². The molecule has 0 bridgehead atoms. The Morgan fingerprint density at radius 3 is 2.52 bits per heavy atom. The molecule has 27 heavy (non-hydrogen) atoms. The number of aryl methyl sites for hydroxylation is 2. The molecule has 1 amide bonds. The van der Waals surface area contributed by atoms with E-state index < -0.39 is 0 Å². The Bertz CT molecular complexity index is 997. The predicted molar refractivity (Wildman–Crippen MR) is 99.7 cm³/mol. The highest BCUT2D eigenvalue weighted by atomic mass is 19.1. The van der Waals surface area contributed by atoms with Crippen molar-refractivity contribution >= 4 is 5.91 Å². The third-order valence-corrected chi connectivity index (χ3v) is 5.42. The van der Waals surface area contributed by atoms with E-state index in [1.54, 1.807) is 0 Å². The molecule has 3 aromatic rings. The molecule has 2 heterocycles. The van der Waals surface area contributed by atoms with Crippen LogP contribution in [-0.2, 0) is 5.41 Å². The molecule has 0 aliphatic heterocycles. The fraction of sp³-hybridized carbons (Fsp3) is 0.333. The molecule has 1 aliphatic rings. The van der Waals surface area contributed by atoms with Crippen LogP contribution in [0.2, 0.25) is 0 Å². The number of aromatic nitrogens is 2. The lowest BCUT2D eigenvalue weighted by molar-refractivity contribution is 0.0949. The smallest absolute Gasteiger partial charge is 0.253 e. The van der Waals surface area contributed by atoms with Gasteiger partial charge in [-0.1, -0.05) is 17.3 Å². The Morgan fingerprint density at radius 2 is 1.93 bits per heavy atom. The van der Waals surface area contributed by atoms with Crippen molar-refractivity contribution < 1.29 is 13.7 Å². The van der Waals surface area contributed by atoms with E-state index in [1.165, 1.54) is 12.1 Å². The molecule has 1 fully saturated rings. The van der Waals surface area contributed by atoms with Gasteiger partial charge in [0.05, 0.1) is 5.56 Å². The van der Waals surface area contributed by atoms with E-state index in [0.29, 0.717) is 17.9 Å². The number of hydrogen-bond donors (Lipinski definition) is 1. The Morgan fingerprint density at radius 1 is 1.22 bits per heavy atom. The second-order valence-corrected chi connectivity index (χ2v) is 7.39. The molecular weight excluding hydrogens is 345 g/mol.